The Morgan fingerprint density at radius 1 is 1.08 bits per heavy atom. The molecule has 4 nitrogen and oxygen atoms in total. The van der Waals surface area contributed by atoms with Crippen LogP contribution in [0.3, 0.4) is 0 Å². The van der Waals surface area contributed by atoms with E-state index in [1.54, 1.807) is 23.9 Å². The number of rotatable bonds is 6. The Bertz CT molecular complexity index is 806. The molecule has 0 atom stereocenters. The highest BCUT2D eigenvalue weighted by Gasteiger charge is 2.09. The van der Waals surface area contributed by atoms with Gasteiger partial charge in [-0.25, -0.2) is 0 Å². The van der Waals surface area contributed by atoms with Crippen molar-refractivity contribution < 1.29 is 4.79 Å². The summed E-state index contributed by atoms with van der Waals surface area (Å²) in [5, 5.41) is 12.9. The largest absolute Gasteiger partial charge is 0.300 e. The molecule has 2 aromatic carbocycles. The van der Waals surface area contributed by atoms with Gasteiger partial charge in [0.1, 0.15) is 5.01 Å². The van der Waals surface area contributed by atoms with Crippen LogP contribution in [0.4, 0.5) is 5.13 Å². The van der Waals surface area contributed by atoms with Gasteiger partial charge in [-0.05, 0) is 24.3 Å². The molecule has 0 radical (unpaired) electrons. The molecule has 1 amide bonds. The minimum absolute atomic E-state index is 0.0581. The number of aromatic nitrogens is 2. The van der Waals surface area contributed by atoms with Crippen molar-refractivity contribution in [3.8, 4) is 10.6 Å². The predicted octanol–water partition coefficient (Wildman–Crippen LogP) is 4.98. The molecule has 122 valence electrons. The summed E-state index contributed by atoms with van der Waals surface area (Å²) in [5.74, 6) is 0.663. The van der Waals surface area contributed by atoms with E-state index in [0.29, 0.717) is 16.6 Å². The van der Waals surface area contributed by atoms with Crippen molar-refractivity contribution in [3.05, 3.63) is 59.6 Å². The third kappa shape index (κ3) is 4.80. The number of halogens is 1. The van der Waals surface area contributed by atoms with E-state index in [0.717, 1.165) is 21.2 Å². The van der Waals surface area contributed by atoms with E-state index in [1.165, 1.54) is 11.3 Å². The van der Waals surface area contributed by atoms with Crippen LogP contribution < -0.4 is 5.32 Å². The highest BCUT2D eigenvalue weighted by Crippen LogP contribution is 2.27. The minimum Gasteiger partial charge on any atom is -0.300 e. The number of nitrogens with zero attached hydrogens (tertiary/aromatic N) is 2. The standard InChI is InChI=1S/C17H14ClN3OS2/c18-13-8-6-12(7-9-13)16-20-21-17(24-16)19-15(22)10-11-23-14-4-2-1-3-5-14/h1-9H,10-11H2,(H,19,21,22). The second-order valence-electron chi connectivity index (χ2n) is 4.88. The highest BCUT2D eigenvalue weighted by atomic mass is 35.5. The molecule has 0 bridgehead atoms. The van der Waals surface area contributed by atoms with Gasteiger partial charge in [0.2, 0.25) is 11.0 Å². The van der Waals surface area contributed by atoms with E-state index in [2.05, 4.69) is 15.5 Å². The second kappa shape index (κ2) is 8.28. The van der Waals surface area contributed by atoms with Crippen molar-refractivity contribution in [2.45, 2.75) is 11.3 Å². The topological polar surface area (TPSA) is 54.9 Å². The Kier molecular flexibility index (Phi) is 5.85. The van der Waals surface area contributed by atoms with Gasteiger partial charge >= 0.3 is 0 Å². The van der Waals surface area contributed by atoms with Crippen LogP contribution in [0.1, 0.15) is 6.42 Å². The van der Waals surface area contributed by atoms with E-state index in [4.69, 9.17) is 11.6 Å². The van der Waals surface area contributed by atoms with Gasteiger partial charge in [0.05, 0.1) is 0 Å². The molecular weight excluding hydrogens is 362 g/mol. The van der Waals surface area contributed by atoms with Crippen molar-refractivity contribution in [3.63, 3.8) is 0 Å². The van der Waals surface area contributed by atoms with Crippen molar-refractivity contribution in [1.29, 1.82) is 0 Å². The first-order chi connectivity index (χ1) is 11.7. The van der Waals surface area contributed by atoms with Gasteiger partial charge in [0.15, 0.2) is 0 Å². The number of carbonyl (C=O) groups excluding carboxylic acids is 1. The molecule has 24 heavy (non-hydrogen) atoms. The van der Waals surface area contributed by atoms with E-state index < -0.39 is 0 Å². The lowest BCUT2D eigenvalue weighted by molar-refractivity contribution is -0.115. The van der Waals surface area contributed by atoms with Crippen LogP contribution in [-0.4, -0.2) is 21.9 Å². The summed E-state index contributed by atoms with van der Waals surface area (Å²) in [4.78, 5) is 13.1. The predicted molar refractivity (Wildman–Crippen MR) is 101 cm³/mol. The summed E-state index contributed by atoms with van der Waals surface area (Å²) in [6.45, 7) is 0. The fraction of sp³-hybridized carbons (Fsp3) is 0.118. The first kappa shape index (κ1) is 17.0. The van der Waals surface area contributed by atoms with Crippen LogP contribution in [0.2, 0.25) is 5.02 Å². The Hall–Kier alpha value is -1.89. The molecule has 7 heteroatoms. The van der Waals surface area contributed by atoms with E-state index in [1.807, 2.05) is 42.5 Å². The fourth-order valence-corrected chi connectivity index (χ4v) is 3.71. The molecule has 0 aliphatic heterocycles. The molecule has 0 aliphatic carbocycles. The first-order valence-corrected chi connectivity index (χ1v) is 9.46. The van der Waals surface area contributed by atoms with Crippen molar-refractivity contribution in [2.24, 2.45) is 0 Å². The molecule has 0 saturated carbocycles. The second-order valence-corrected chi connectivity index (χ2v) is 7.46. The maximum absolute atomic E-state index is 12.0. The summed E-state index contributed by atoms with van der Waals surface area (Å²) < 4.78 is 0. The molecule has 0 unspecified atom stereocenters. The van der Waals surface area contributed by atoms with E-state index in [-0.39, 0.29) is 5.91 Å². The highest BCUT2D eigenvalue weighted by molar-refractivity contribution is 7.99. The molecule has 1 heterocycles. The number of thioether (sulfide) groups is 1. The zero-order valence-electron chi connectivity index (χ0n) is 12.6. The van der Waals surface area contributed by atoms with E-state index in [9.17, 15) is 4.79 Å². The number of nitrogens with one attached hydrogen (secondary N) is 1. The van der Waals surface area contributed by atoms with Crippen LogP contribution in [0.15, 0.2) is 59.5 Å². The summed E-state index contributed by atoms with van der Waals surface area (Å²) in [5.41, 5.74) is 0.928. The lowest BCUT2D eigenvalue weighted by Gasteiger charge is -2.01. The van der Waals surface area contributed by atoms with Gasteiger partial charge in [-0.2, -0.15) is 0 Å². The maximum atomic E-state index is 12.0. The lowest BCUT2D eigenvalue weighted by atomic mass is 10.2. The Morgan fingerprint density at radius 3 is 2.58 bits per heavy atom. The van der Waals surface area contributed by atoms with Crippen LogP contribution in [-0.2, 0) is 4.79 Å². The van der Waals surface area contributed by atoms with E-state index >= 15 is 0 Å². The van der Waals surface area contributed by atoms with Crippen LogP contribution in [0.5, 0.6) is 0 Å². The average molecular weight is 376 g/mol. The molecule has 3 aromatic rings. The van der Waals surface area contributed by atoms with Gasteiger partial charge in [0.25, 0.3) is 0 Å². The molecule has 0 saturated heterocycles. The molecule has 0 aliphatic rings. The Morgan fingerprint density at radius 2 is 1.83 bits per heavy atom. The quantitative estimate of drug-likeness (QED) is 0.617. The number of hydrogen-bond acceptors (Lipinski definition) is 5. The van der Waals surface area contributed by atoms with Crippen LogP contribution in [0, 0.1) is 0 Å². The number of amides is 1. The molecule has 3 rings (SSSR count). The van der Waals surface area contributed by atoms with Gasteiger partial charge < -0.3 is 5.32 Å². The third-order valence-corrected chi connectivity index (χ3v) is 5.26. The molecule has 0 fully saturated rings. The van der Waals surface area contributed by atoms with Crippen LogP contribution in [0.25, 0.3) is 10.6 Å². The third-order valence-electron chi connectivity index (χ3n) is 3.10. The first-order valence-electron chi connectivity index (χ1n) is 7.28. The number of benzene rings is 2. The summed E-state index contributed by atoms with van der Waals surface area (Å²) in [7, 11) is 0. The van der Waals surface area contributed by atoms with Gasteiger partial charge in [-0.1, -0.05) is 53.3 Å². The molecular formula is C17H14ClN3OS2. The van der Waals surface area contributed by atoms with Crippen molar-refractivity contribution in [2.75, 3.05) is 11.1 Å². The van der Waals surface area contributed by atoms with Gasteiger partial charge in [0, 0.05) is 27.7 Å². The molecule has 0 spiro atoms. The lowest BCUT2D eigenvalue weighted by Crippen LogP contribution is -2.11. The number of carbonyl (C=O) groups is 1. The number of hydrogen-bond donors (Lipinski definition) is 1. The zero-order chi connectivity index (χ0) is 16.8. The maximum Gasteiger partial charge on any atom is 0.227 e. The SMILES string of the molecule is O=C(CCSc1ccccc1)Nc1nnc(-c2ccc(Cl)cc2)s1. The van der Waals surface area contributed by atoms with Gasteiger partial charge in [-0.15, -0.1) is 22.0 Å². The normalized spacial score (nSPS) is 10.5. The Balaban J connectivity index is 1.51. The van der Waals surface area contributed by atoms with Crippen LogP contribution >= 0.6 is 34.7 Å². The average Bonchev–Trinajstić information content (AvgIpc) is 3.05. The van der Waals surface area contributed by atoms with Crippen molar-refractivity contribution in [1.82, 2.24) is 10.2 Å². The van der Waals surface area contributed by atoms with Gasteiger partial charge in [-0.3, -0.25) is 4.79 Å². The Labute approximate surface area is 153 Å². The minimum atomic E-state index is -0.0581. The summed E-state index contributed by atoms with van der Waals surface area (Å²) in [6.07, 6.45) is 0.426. The zero-order valence-corrected chi connectivity index (χ0v) is 15.0. The number of anilines is 1. The monoisotopic (exact) mass is 375 g/mol. The summed E-state index contributed by atoms with van der Waals surface area (Å²) >= 11 is 8.88. The molecule has 1 N–H and O–H groups in total. The smallest absolute Gasteiger partial charge is 0.227 e. The van der Waals surface area contributed by atoms with Crippen molar-refractivity contribution >= 4 is 45.7 Å². The molecule has 1 aromatic heterocycles. The fourth-order valence-electron chi connectivity index (χ4n) is 1.94. The summed E-state index contributed by atoms with van der Waals surface area (Å²) in [6, 6.07) is 17.4.